The van der Waals surface area contributed by atoms with E-state index in [-0.39, 0.29) is 23.8 Å². The molecule has 0 saturated heterocycles. The number of anilines is 1. The number of aromatic nitrogens is 5. The largest absolute Gasteiger partial charge is 0.492 e. The Bertz CT molecular complexity index is 2220. The number of benzene rings is 2. The third-order valence-corrected chi connectivity index (χ3v) is 8.74. The molecule has 1 aliphatic rings. The van der Waals surface area contributed by atoms with E-state index in [2.05, 4.69) is 9.97 Å². The zero-order valence-electron chi connectivity index (χ0n) is 28.6. The van der Waals surface area contributed by atoms with Crippen LogP contribution in [0.2, 0.25) is 0 Å². The second-order valence-corrected chi connectivity index (χ2v) is 11.8. The van der Waals surface area contributed by atoms with E-state index in [1.807, 2.05) is 32.0 Å². The number of hydrogen-bond donors (Lipinski definition) is 1. The molecule has 0 bridgehead atoms. The quantitative estimate of drug-likeness (QED) is 0.0749. The fourth-order valence-corrected chi connectivity index (χ4v) is 6.30. The number of alkyl halides is 3. The SMILES string of the molecule is CCc1cccc(CC)c1-n1nc2c(c1-c1cc(F)c(OC)c3c1ccn3C(=O)OCOC(=O)/C=C/C(=O)O)CN(c1ncc(C(F)(F)F)cn1)CC2. The van der Waals surface area contributed by atoms with E-state index in [0.717, 1.165) is 33.8 Å². The van der Waals surface area contributed by atoms with Crippen LogP contribution < -0.4 is 9.64 Å². The van der Waals surface area contributed by atoms with Gasteiger partial charge in [-0.1, -0.05) is 32.0 Å². The molecule has 0 fully saturated rings. The minimum Gasteiger partial charge on any atom is -0.492 e. The molecule has 6 rings (SSSR count). The van der Waals surface area contributed by atoms with Crippen LogP contribution in [0.15, 0.2) is 61.1 Å². The summed E-state index contributed by atoms with van der Waals surface area (Å²) in [6.07, 6.45) is -0.0357. The van der Waals surface area contributed by atoms with Crippen LogP contribution in [0.3, 0.4) is 0 Å². The first kappa shape index (κ1) is 36.5. The van der Waals surface area contributed by atoms with Crippen LogP contribution in [0.5, 0.6) is 5.75 Å². The number of carboxylic acids is 1. The number of fused-ring (bicyclic) bond motifs is 2. The number of rotatable bonds is 10. The van der Waals surface area contributed by atoms with E-state index in [0.29, 0.717) is 65.9 Å². The van der Waals surface area contributed by atoms with Crippen molar-refractivity contribution in [2.75, 3.05) is 25.3 Å². The number of para-hydroxylation sites is 1. The predicted molar refractivity (Wildman–Crippen MR) is 181 cm³/mol. The summed E-state index contributed by atoms with van der Waals surface area (Å²) in [5.74, 6) is -3.49. The highest BCUT2D eigenvalue weighted by Gasteiger charge is 2.34. The summed E-state index contributed by atoms with van der Waals surface area (Å²) < 4.78 is 74.0. The van der Waals surface area contributed by atoms with Gasteiger partial charge in [-0.05, 0) is 36.1 Å². The molecule has 13 nitrogen and oxygen atoms in total. The average molecular weight is 737 g/mol. The number of halogens is 4. The summed E-state index contributed by atoms with van der Waals surface area (Å²) in [7, 11) is 1.23. The van der Waals surface area contributed by atoms with Gasteiger partial charge in [0.15, 0.2) is 11.6 Å². The van der Waals surface area contributed by atoms with Gasteiger partial charge in [-0.3, -0.25) is 0 Å². The Morgan fingerprint density at radius 1 is 1.02 bits per heavy atom. The van der Waals surface area contributed by atoms with Crippen LogP contribution >= 0.6 is 0 Å². The standard InChI is InChI=1S/C36H32F4N6O7/c1-4-20-7-6-8-21(5-2)30(20)46-31(25-18-44(13-12-27(25)43-46)34-41-16-22(17-42-34)36(38,39)40)24-15-26(37)33(51-3)32-23(24)11-14-45(32)35(50)53-19-52-29(49)10-9-28(47)48/h6-11,14-17H,4-5,12-13,18-19H2,1-3H3,(H,47,48)/b10-9+. The number of nitrogens with zero attached hydrogens (tertiary/aromatic N) is 6. The van der Waals surface area contributed by atoms with E-state index >= 15 is 4.39 Å². The number of esters is 1. The Morgan fingerprint density at radius 3 is 2.34 bits per heavy atom. The van der Waals surface area contributed by atoms with Crippen LogP contribution in [-0.4, -0.2) is 67.9 Å². The topological polar surface area (TPSA) is 151 Å². The van der Waals surface area contributed by atoms with Gasteiger partial charge in [-0.2, -0.15) is 18.3 Å². The third kappa shape index (κ3) is 7.14. The average Bonchev–Trinajstić information content (AvgIpc) is 3.75. The number of carbonyl (C=O) groups excluding carboxylic acids is 2. The number of aliphatic carboxylic acids is 1. The third-order valence-electron chi connectivity index (χ3n) is 8.74. The smallest absolute Gasteiger partial charge is 0.421 e. The Hall–Kier alpha value is -6.26. The summed E-state index contributed by atoms with van der Waals surface area (Å²) in [4.78, 5) is 45.4. The van der Waals surface area contributed by atoms with Crippen molar-refractivity contribution >= 4 is 34.9 Å². The number of aryl methyl sites for hydroxylation is 2. The first-order chi connectivity index (χ1) is 25.4. The maximum Gasteiger partial charge on any atom is 0.421 e. The molecule has 1 N–H and O–H groups in total. The van der Waals surface area contributed by atoms with Crippen molar-refractivity contribution in [1.82, 2.24) is 24.3 Å². The molecular formula is C36H32F4N6O7. The summed E-state index contributed by atoms with van der Waals surface area (Å²) in [6, 6.07) is 8.73. The molecule has 0 radical (unpaired) electrons. The minimum atomic E-state index is -4.61. The van der Waals surface area contributed by atoms with Crippen molar-refractivity contribution in [3.63, 3.8) is 0 Å². The van der Waals surface area contributed by atoms with Crippen molar-refractivity contribution < 1.29 is 51.3 Å². The van der Waals surface area contributed by atoms with E-state index in [1.165, 1.54) is 19.4 Å². The van der Waals surface area contributed by atoms with Gasteiger partial charge < -0.3 is 24.2 Å². The molecule has 1 aliphatic heterocycles. The Labute approximate surface area is 299 Å². The second kappa shape index (κ2) is 14.8. The highest BCUT2D eigenvalue weighted by molar-refractivity contribution is 6.03. The molecule has 17 heteroatoms. The zero-order valence-corrected chi connectivity index (χ0v) is 28.6. The van der Waals surface area contributed by atoms with Crippen LogP contribution in [0, 0.1) is 5.82 Å². The molecule has 53 heavy (non-hydrogen) atoms. The van der Waals surface area contributed by atoms with E-state index in [1.54, 1.807) is 15.6 Å². The van der Waals surface area contributed by atoms with Gasteiger partial charge >= 0.3 is 24.2 Å². The van der Waals surface area contributed by atoms with Crippen LogP contribution in [0.25, 0.3) is 27.8 Å². The van der Waals surface area contributed by atoms with Crippen LogP contribution in [0.1, 0.15) is 41.8 Å². The van der Waals surface area contributed by atoms with Crippen LogP contribution in [0.4, 0.5) is 28.3 Å². The lowest BCUT2D eigenvalue weighted by molar-refractivity contribution is -0.146. The summed E-state index contributed by atoms with van der Waals surface area (Å²) in [5, 5.41) is 14.1. The van der Waals surface area contributed by atoms with Gasteiger partial charge in [0.1, 0.15) is 5.52 Å². The van der Waals surface area contributed by atoms with Gasteiger partial charge in [0, 0.05) is 66.8 Å². The molecule has 0 atom stereocenters. The molecule has 0 saturated carbocycles. The normalized spacial score (nSPS) is 13.0. The van der Waals surface area contributed by atoms with Crippen molar-refractivity contribution in [3.8, 4) is 22.7 Å². The van der Waals surface area contributed by atoms with E-state index in [4.69, 9.17) is 24.4 Å². The molecule has 2 aromatic carbocycles. The Morgan fingerprint density at radius 2 is 1.72 bits per heavy atom. The molecule has 0 unspecified atom stereocenters. The number of hydrogen-bond acceptors (Lipinski definition) is 10. The predicted octanol–water partition coefficient (Wildman–Crippen LogP) is 6.26. The molecule has 0 aliphatic carbocycles. The molecule has 0 amide bonds. The lowest BCUT2D eigenvalue weighted by Crippen LogP contribution is -2.31. The van der Waals surface area contributed by atoms with Crippen LogP contribution in [-0.2, 0) is 51.0 Å². The highest BCUT2D eigenvalue weighted by Crippen LogP contribution is 2.43. The summed E-state index contributed by atoms with van der Waals surface area (Å²) >= 11 is 0. The van der Waals surface area contributed by atoms with Crippen molar-refractivity contribution in [2.24, 2.45) is 0 Å². The van der Waals surface area contributed by atoms with Gasteiger partial charge in [-0.25, -0.2) is 38.0 Å². The van der Waals surface area contributed by atoms with Crippen molar-refractivity contribution in [3.05, 3.63) is 94.8 Å². The maximum atomic E-state index is 16.2. The molecule has 276 valence electrons. The summed E-state index contributed by atoms with van der Waals surface area (Å²) in [5.41, 5.74) is 3.86. The molecule has 5 aromatic rings. The van der Waals surface area contributed by atoms with E-state index < -0.39 is 42.4 Å². The fraction of sp³-hybridized carbons (Fsp3) is 0.278. The first-order valence-corrected chi connectivity index (χ1v) is 16.3. The van der Waals surface area contributed by atoms with E-state index in [9.17, 15) is 27.6 Å². The van der Waals surface area contributed by atoms with Gasteiger partial charge in [0.2, 0.25) is 12.7 Å². The number of ether oxygens (including phenoxy) is 3. The van der Waals surface area contributed by atoms with Crippen molar-refractivity contribution in [2.45, 2.75) is 45.8 Å². The Kier molecular flexibility index (Phi) is 10.2. The Balaban J connectivity index is 1.50. The number of carboxylic acid groups (broad SMARTS) is 1. The minimum absolute atomic E-state index is 0.00988. The zero-order chi connectivity index (χ0) is 38.0. The maximum absolute atomic E-state index is 16.2. The molecule has 4 heterocycles. The molecular weight excluding hydrogens is 704 g/mol. The summed E-state index contributed by atoms with van der Waals surface area (Å²) in [6.45, 7) is 3.59. The number of methoxy groups -OCH3 is 1. The molecule has 3 aromatic heterocycles. The lowest BCUT2D eigenvalue weighted by atomic mass is 9.97. The molecule has 0 spiro atoms. The lowest BCUT2D eigenvalue weighted by Gasteiger charge is -2.27. The van der Waals surface area contributed by atoms with Gasteiger partial charge in [0.05, 0.1) is 29.7 Å². The second-order valence-electron chi connectivity index (χ2n) is 11.8. The number of carbonyl (C=O) groups is 3. The van der Waals surface area contributed by atoms with Gasteiger partial charge in [-0.15, -0.1) is 0 Å². The van der Waals surface area contributed by atoms with Crippen molar-refractivity contribution in [1.29, 1.82) is 0 Å². The van der Waals surface area contributed by atoms with Gasteiger partial charge in [0.25, 0.3) is 0 Å². The first-order valence-electron chi connectivity index (χ1n) is 16.3. The highest BCUT2D eigenvalue weighted by atomic mass is 19.4. The fourth-order valence-electron chi connectivity index (χ4n) is 6.30. The monoisotopic (exact) mass is 736 g/mol.